The molecule has 1 aliphatic heterocycles. The summed E-state index contributed by atoms with van der Waals surface area (Å²) in [5, 5.41) is 0. The van der Waals surface area contributed by atoms with Crippen LogP contribution in [0.2, 0.25) is 0 Å². The molecule has 1 amide bonds. The third-order valence-corrected chi connectivity index (χ3v) is 6.00. The number of amides is 1. The van der Waals surface area contributed by atoms with Gasteiger partial charge in [0.05, 0.1) is 5.75 Å². The highest BCUT2D eigenvalue weighted by atomic mass is 32.2. The lowest BCUT2D eigenvalue weighted by atomic mass is 10.2. The Morgan fingerprint density at radius 3 is 2.32 bits per heavy atom. The molecule has 140 valence electrons. The van der Waals surface area contributed by atoms with Crippen LogP contribution in [0.15, 0.2) is 24.3 Å². The number of benzene rings is 1. The quantitative estimate of drug-likeness (QED) is 0.823. The summed E-state index contributed by atoms with van der Waals surface area (Å²) in [5.41, 5.74) is 1.31. The Balaban J connectivity index is 2.02. The molecule has 0 N–H and O–H groups in total. The van der Waals surface area contributed by atoms with E-state index in [1.807, 2.05) is 58.9 Å². The molecule has 2 rings (SSSR count). The van der Waals surface area contributed by atoms with E-state index in [1.54, 1.807) is 4.90 Å². The lowest BCUT2D eigenvalue weighted by molar-refractivity contribution is 0.0143. The summed E-state index contributed by atoms with van der Waals surface area (Å²) >= 11 is 0. The maximum absolute atomic E-state index is 12.7. The van der Waals surface area contributed by atoms with Crippen LogP contribution in [-0.4, -0.2) is 55.0 Å². The fourth-order valence-electron chi connectivity index (χ4n) is 2.82. The topological polar surface area (TPSA) is 66.9 Å². The molecule has 1 aliphatic rings. The molecule has 1 fully saturated rings. The van der Waals surface area contributed by atoms with Crippen molar-refractivity contribution < 1.29 is 17.9 Å². The van der Waals surface area contributed by atoms with Gasteiger partial charge in [-0.1, -0.05) is 29.8 Å². The molecule has 0 unspecified atom stereocenters. The molecule has 1 saturated heterocycles. The second-order valence-corrected chi connectivity index (χ2v) is 9.55. The van der Waals surface area contributed by atoms with Crippen LogP contribution in [0.4, 0.5) is 4.79 Å². The lowest BCUT2D eigenvalue weighted by Crippen LogP contribution is -2.56. The zero-order chi connectivity index (χ0) is 18.8. The summed E-state index contributed by atoms with van der Waals surface area (Å²) in [7, 11) is -3.43. The molecule has 0 bridgehead atoms. The van der Waals surface area contributed by atoms with Crippen LogP contribution in [0.1, 0.15) is 38.8 Å². The van der Waals surface area contributed by atoms with Crippen molar-refractivity contribution in [3.05, 3.63) is 35.4 Å². The fourth-order valence-corrected chi connectivity index (χ4v) is 4.58. The van der Waals surface area contributed by atoms with Gasteiger partial charge in [-0.2, -0.15) is 4.31 Å². The molecule has 1 aromatic carbocycles. The molecule has 6 nitrogen and oxygen atoms in total. The van der Waals surface area contributed by atoms with E-state index in [0.717, 1.165) is 11.1 Å². The Labute approximate surface area is 150 Å². The first-order chi connectivity index (χ1) is 11.5. The van der Waals surface area contributed by atoms with Gasteiger partial charge in [0, 0.05) is 25.7 Å². The molecule has 25 heavy (non-hydrogen) atoms. The van der Waals surface area contributed by atoms with Crippen molar-refractivity contribution in [1.82, 2.24) is 9.21 Å². The van der Waals surface area contributed by atoms with Crippen LogP contribution in [0, 0.1) is 6.92 Å². The van der Waals surface area contributed by atoms with Crippen molar-refractivity contribution in [1.29, 1.82) is 0 Å². The van der Waals surface area contributed by atoms with E-state index in [4.69, 9.17) is 4.74 Å². The number of hydrogen-bond acceptors (Lipinski definition) is 4. The van der Waals surface area contributed by atoms with Gasteiger partial charge < -0.3 is 9.64 Å². The zero-order valence-corrected chi connectivity index (χ0v) is 16.5. The summed E-state index contributed by atoms with van der Waals surface area (Å²) in [6.07, 6.45) is -0.394. The average molecular weight is 368 g/mol. The molecule has 1 atom stereocenters. The Morgan fingerprint density at radius 2 is 1.80 bits per heavy atom. The van der Waals surface area contributed by atoms with Crippen molar-refractivity contribution in [3.8, 4) is 0 Å². The normalized spacial score (nSPS) is 19.7. The lowest BCUT2D eigenvalue weighted by Gasteiger charge is -2.39. The number of hydrogen-bond donors (Lipinski definition) is 0. The van der Waals surface area contributed by atoms with Gasteiger partial charge in [-0.3, -0.25) is 0 Å². The maximum atomic E-state index is 12.7. The van der Waals surface area contributed by atoms with Crippen molar-refractivity contribution in [3.63, 3.8) is 0 Å². The number of carbonyl (C=O) groups is 1. The number of piperazine rings is 1. The second kappa shape index (κ2) is 7.33. The molecule has 1 aromatic rings. The Morgan fingerprint density at radius 1 is 1.20 bits per heavy atom. The van der Waals surface area contributed by atoms with Crippen molar-refractivity contribution in [2.75, 3.05) is 19.6 Å². The van der Waals surface area contributed by atoms with Crippen LogP contribution < -0.4 is 0 Å². The van der Waals surface area contributed by atoms with E-state index < -0.39 is 21.7 Å². The first kappa shape index (κ1) is 19.7. The van der Waals surface area contributed by atoms with E-state index in [1.165, 1.54) is 4.31 Å². The summed E-state index contributed by atoms with van der Waals surface area (Å²) in [6, 6.07) is 7.23. The third-order valence-electron chi connectivity index (χ3n) is 4.05. The van der Waals surface area contributed by atoms with Crippen molar-refractivity contribution in [2.24, 2.45) is 0 Å². The SMILES string of the molecule is Cc1ccc(CS(=O)(=O)N2CCN(C(=O)OC(C)(C)C)C[C@H]2C)cc1. The predicted octanol–water partition coefficient (Wildman–Crippen LogP) is 2.77. The average Bonchev–Trinajstić information content (AvgIpc) is 2.47. The molecule has 0 aliphatic carbocycles. The molecule has 0 radical (unpaired) electrons. The monoisotopic (exact) mass is 368 g/mol. The molecule has 1 heterocycles. The first-order valence-electron chi connectivity index (χ1n) is 8.51. The summed E-state index contributed by atoms with van der Waals surface area (Å²) in [5.74, 6) is -0.0238. The molecule has 0 saturated carbocycles. The van der Waals surface area contributed by atoms with Gasteiger partial charge in [-0.25, -0.2) is 13.2 Å². The predicted molar refractivity (Wildman–Crippen MR) is 97.8 cm³/mol. The number of aryl methyl sites for hydroxylation is 1. The van der Waals surface area contributed by atoms with E-state index in [0.29, 0.717) is 13.1 Å². The minimum absolute atomic E-state index is 0.0238. The summed E-state index contributed by atoms with van der Waals surface area (Å²) < 4.78 is 32.4. The van der Waals surface area contributed by atoms with E-state index >= 15 is 0 Å². The Bertz CT molecular complexity index is 708. The highest BCUT2D eigenvalue weighted by molar-refractivity contribution is 7.88. The van der Waals surface area contributed by atoms with Gasteiger partial charge in [-0.05, 0) is 40.2 Å². The number of ether oxygens (including phenoxy) is 1. The second-order valence-electron chi connectivity index (χ2n) is 7.63. The summed E-state index contributed by atoms with van der Waals surface area (Å²) in [4.78, 5) is 13.8. The third kappa shape index (κ3) is 5.44. The van der Waals surface area contributed by atoms with E-state index in [-0.39, 0.29) is 18.3 Å². The molecule has 0 spiro atoms. The maximum Gasteiger partial charge on any atom is 0.410 e. The van der Waals surface area contributed by atoms with Gasteiger partial charge in [0.15, 0.2) is 0 Å². The first-order valence-corrected chi connectivity index (χ1v) is 10.1. The van der Waals surface area contributed by atoms with Crippen LogP contribution in [-0.2, 0) is 20.5 Å². The number of rotatable bonds is 3. The highest BCUT2D eigenvalue weighted by Crippen LogP contribution is 2.20. The number of carbonyl (C=O) groups excluding carboxylic acids is 1. The van der Waals surface area contributed by atoms with Crippen LogP contribution >= 0.6 is 0 Å². The summed E-state index contributed by atoms with van der Waals surface area (Å²) in [6.45, 7) is 10.2. The van der Waals surface area contributed by atoms with Crippen LogP contribution in [0.3, 0.4) is 0 Å². The molecule has 7 heteroatoms. The minimum Gasteiger partial charge on any atom is -0.444 e. The van der Waals surface area contributed by atoms with E-state index in [2.05, 4.69) is 0 Å². The Kier molecular flexibility index (Phi) is 5.79. The van der Waals surface area contributed by atoms with Gasteiger partial charge in [-0.15, -0.1) is 0 Å². The van der Waals surface area contributed by atoms with Gasteiger partial charge in [0.2, 0.25) is 10.0 Å². The smallest absolute Gasteiger partial charge is 0.410 e. The molecular formula is C18H28N2O4S. The number of sulfonamides is 1. The van der Waals surface area contributed by atoms with Gasteiger partial charge in [0.25, 0.3) is 0 Å². The van der Waals surface area contributed by atoms with E-state index in [9.17, 15) is 13.2 Å². The minimum atomic E-state index is -3.43. The fraction of sp³-hybridized carbons (Fsp3) is 0.611. The number of nitrogens with zero attached hydrogens (tertiary/aromatic N) is 2. The molecule has 0 aromatic heterocycles. The van der Waals surface area contributed by atoms with Gasteiger partial charge >= 0.3 is 6.09 Å². The van der Waals surface area contributed by atoms with Gasteiger partial charge in [0.1, 0.15) is 5.60 Å². The highest BCUT2D eigenvalue weighted by Gasteiger charge is 2.35. The molecular weight excluding hydrogens is 340 g/mol. The van der Waals surface area contributed by atoms with Crippen LogP contribution in [0.25, 0.3) is 0 Å². The zero-order valence-electron chi connectivity index (χ0n) is 15.7. The van der Waals surface area contributed by atoms with Crippen molar-refractivity contribution >= 4 is 16.1 Å². The van der Waals surface area contributed by atoms with Crippen LogP contribution in [0.5, 0.6) is 0 Å². The largest absolute Gasteiger partial charge is 0.444 e. The van der Waals surface area contributed by atoms with Crippen molar-refractivity contribution in [2.45, 2.75) is 52.0 Å². The Hall–Kier alpha value is -1.60. The standard InChI is InChI=1S/C18H28N2O4S/c1-14-6-8-16(9-7-14)13-25(22,23)20-11-10-19(12-15(20)2)17(21)24-18(3,4)5/h6-9,15H,10-13H2,1-5H3/t15-/m1/s1.